The smallest absolute Gasteiger partial charge is 0.0859 e. The first-order valence-electron chi connectivity index (χ1n) is 5.23. The van der Waals surface area contributed by atoms with E-state index in [1.165, 1.54) is 0 Å². The summed E-state index contributed by atoms with van der Waals surface area (Å²) in [5.41, 5.74) is 5.54. The van der Waals surface area contributed by atoms with E-state index in [1.807, 2.05) is 49.4 Å². The van der Waals surface area contributed by atoms with Gasteiger partial charge in [-0.15, -0.1) is 0 Å². The average molecular weight is 281 g/mol. The van der Waals surface area contributed by atoms with E-state index in [4.69, 9.17) is 11.6 Å². The summed E-state index contributed by atoms with van der Waals surface area (Å²) in [6.45, 7) is 1.91. The van der Waals surface area contributed by atoms with Gasteiger partial charge in [-0.05, 0) is 43.3 Å². The van der Waals surface area contributed by atoms with Gasteiger partial charge in [-0.3, -0.25) is 10.4 Å². The van der Waals surface area contributed by atoms with Crippen LogP contribution in [0.15, 0.2) is 53.8 Å². The predicted molar refractivity (Wildman–Crippen MR) is 71.5 cm³/mol. The third-order valence-electron chi connectivity index (χ3n) is 2.23. The summed E-state index contributed by atoms with van der Waals surface area (Å²) in [5, 5.41) is 4.96. The Balaban J connectivity index is 0.00000162. The molecule has 0 spiro atoms. The number of nitrogens with zero attached hydrogens (tertiary/aromatic N) is 2. The summed E-state index contributed by atoms with van der Waals surface area (Å²) in [5.74, 6) is 0. The van der Waals surface area contributed by atoms with Gasteiger partial charge >= 0.3 is 0 Å². The number of hydrogen-bond donors (Lipinski definition) is 1. The Morgan fingerprint density at radius 1 is 1.17 bits per heavy atom. The Morgan fingerprint density at radius 2 is 1.89 bits per heavy atom. The topological polar surface area (TPSA) is 37.3 Å². The largest absolute Gasteiger partial charge is 1.00 e. The molecule has 1 heterocycles. The second kappa shape index (κ2) is 6.99. The first-order chi connectivity index (χ1) is 8.25. The second-order valence-electron chi connectivity index (χ2n) is 3.53. The highest BCUT2D eigenvalue weighted by Gasteiger charge is 1.97. The van der Waals surface area contributed by atoms with E-state index in [2.05, 4.69) is 15.5 Å². The monoisotopic (exact) mass is 280 g/mol. The van der Waals surface area contributed by atoms with Gasteiger partial charge in [-0.25, -0.2) is 0 Å². The highest BCUT2D eigenvalue weighted by Crippen LogP contribution is 2.13. The lowest BCUT2D eigenvalue weighted by molar-refractivity contribution is -0.00000346. The summed E-state index contributed by atoms with van der Waals surface area (Å²) in [6.07, 6.45) is 1.75. The molecule has 0 aliphatic carbocycles. The third kappa shape index (κ3) is 4.02. The maximum absolute atomic E-state index is 5.80. The highest BCUT2D eigenvalue weighted by atomic mass is 35.5. The van der Waals surface area contributed by atoms with Gasteiger partial charge < -0.3 is 12.4 Å². The molecule has 18 heavy (non-hydrogen) atoms. The molecule has 1 aromatic heterocycles. The van der Waals surface area contributed by atoms with E-state index in [9.17, 15) is 0 Å². The van der Waals surface area contributed by atoms with E-state index in [0.29, 0.717) is 5.02 Å². The zero-order chi connectivity index (χ0) is 12.1. The molecule has 0 aliphatic rings. The van der Waals surface area contributed by atoms with Crippen LogP contribution >= 0.6 is 11.6 Å². The lowest BCUT2D eigenvalue weighted by Crippen LogP contribution is -3.00. The number of pyridine rings is 1. The van der Waals surface area contributed by atoms with Gasteiger partial charge in [-0.1, -0.05) is 17.7 Å². The van der Waals surface area contributed by atoms with Crippen LogP contribution in [0.3, 0.4) is 0 Å². The Hall–Kier alpha value is -1.58. The number of anilines is 1. The summed E-state index contributed by atoms with van der Waals surface area (Å²) in [6, 6.07) is 13.1. The molecule has 0 radical (unpaired) electrons. The minimum Gasteiger partial charge on any atom is -1.00 e. The highest BCUT2D eigenvalue weighted by molar-refractivity contribution is 6.30. The van der Waals surface area contributed by atoms with Crippen molar-refractivity contribution in [1.82, 2.24) is 4.98 Å². The average Bonchev–Trinajstić information content (AvgIpc) is 2.39. The minimum absolute atomic E-state index is 0. The van der Waals surface area contributed by atoms with E-state index in [1.54, 1.807) is 6.20 Å². The number of halogens is 2. The van der Waals surface area contributed by atoms with Gasteiger partial charge in [0.25, 0.3) is 0 Å². The Bertz CT molecular complexity index is 510. The number of aromatic nitrogens is 1. The van der Waals surface area contributed by atoms with Gasteiger partial charge in [0.05, 0.1) is 17.1 Å². The zero-order valence-electron chi connectivity index (χ0n) is 9.77. The molecule has 0 atom stereocenters. The van der Waals surface area contributed by atoms with Gasteiger partial charge in [0, 0.05) is 11.2 Å². The summed E-state index contributed by atoms with van der Waals surface area (Å²) < 4.78 is 0. The van der Waals surface area contributed by atoms with Crippen molar-refractivity contribution < 1.29 is 12.4 Å². The molecule has 94 valence electrons. The van der Waals surface area contributed by atoms with Crippen molar-refractivity contribution in [2.75, 3.05) is 5.43 Å². The Kier molecular flexibility index (Phi) is 5.62. The van der Waals surface area contributed by atoms with E-state index in [-0.39, 0.29) is 12.4 Å². The number of hydrogen-bond acceptors (Lipinski definition) is 3. The maximum Gasteiger partial charge on any atom is 0.0859 e. The Labute approximate surface area is 117 Å². The van der Waals surface area contributed by atoms with Crippen molar-refractivity contribution in [2.45, 2.75) is 6.92 Å². The first-order valence-corrected chi connectivity index (χ1v) is 5.61. The lowest BCUT2D eigenvalue weighted by atomic mass is 10.3. The van der Waals surface area contributed by atoms with Crippen LogP contribution in [0.4, 0.5) is 5.69 Å². The van der Waals surface area contributed by atoms with Crippen molar-refractivity contribution in [1.29, 1.82) is 0 Å². The van der Waals surface area contributed by atoms with Crippen LogP contribution in [-0.4, -0.2) is 10.7 Å². The van der Waals surface area contributed by atoms with Crippen LogP contribution < -0.4 is 17.8 Å². The van der Waals surface area contributed by atoms with Crippen LogP contribution in [0, 0.1) is 0 Å². The fourth-order valence-corrected chi connectivity index (χ4v) is 1.43. The molecule has 2 rings (SSSR count). The number of rotatable bonds is 3. The molecule has 1 aromatic carbocycles. The fraction of sp³-hybridized carbons (Fsp3) is 0.0769. The van der Waals surface area contributed by atoms with Crippen molar-refractivity contribution in [3.05, 3.63) is 59.4 Å². The molecule has 1 N–H and O–H groups in total. The van der Waals surface area contributed by atoms with Crippen LogP contribution in [0.1, 0.15) is 12.6 Å². The normalized spacial score (nSPS) is 10.7. The molecule has 0 aliphatic heterocycles. The molecule has 3 nitrogen and oxygen atoms in total. The van der Waals surface area contributed by atoms with Gasteiger partial charge in [0.1, 0.15) is 0 Å². The molecule has 5 heteroatoms. The maximum atomic E-state index is 5.80. The lowest BCUT2D eigenvalue weighted by Gasteiger charge is -2.02. The zero-order valence-corrected chi connectivity index (χ0v) is 11.3. The molecular formula is C13H12Cl2N3-. The van der Waals surface area contributed by atoms with Crippen LogP contribution in [0.5, 0.6) is 0 Å². The van der Waals surface area contributed by atoms with Crippen LogP contribution in [-0.2, 0) is 0 Å². The molecule has 2 aromatic rings. The predicted octanol–water partition coefficient (Wildman–Crippen LogP) is 0.575. The van der Waals surface area contributed by atoms with Gasteiger partial charge in [0.15, 0.2) is 0 Å². The molecule has 0 saturated heterocycles. The summed E-state index contributed by atoms with van der Waals surface area (Å²) in [7, 11) is 0. The number of nitrogens with one attached hydrogen (secondary N) is 1. The third-order valence-corrected chi connectivity index (χ3v) is 2.48. The summed E-state index contributed by atoms with van der Waals surface area (Å²) in [4.78, 5) is 4.21. The first kappa shape index (κ1) is 14.5. The number of hydrazone groups is 1. The van der Waals surface area contributed by atoms with Crippen LogP contribution in [0.25, 0.3) is 0 Å². The SMILES string of the molecule is CC(=NNc1ccc(Cl)cc1)c1ccccn1.[Cl-]. The summed E-state index contributed by atoms with van der Waals surface area (Å²) >= 11 is 5.80. The molecule has 0 fully saturated rings. The molecule has 0 amide bonds. The van der Waals surface area contributed by atoms with Crippen LogP contribution in [0.2, 0.25) is 5.02 Å². The van der Waals surface area contributed by atoms with Gasteiger partial charge in [0.2, 0.25) is 0 Å². The minimum atomic E-state index is 0. The van der Waals surface area contributed by atoms with Crippen molar-refractivity contribution in [3.63, 3.8) is 0 Å². The molecule has 0 unspecified atom stereocenters. The Morgan fingerprint density at radius 3 is 2.50 bits per heavy atom. The molecule has 0 bridgehead atoms. The molecule has 0 saturated carbocycles. The second-order valence-corrected chi connectivity index (χ2v) is 3.97. The standard InChI is InChI=1S/C13H12ClN3.ClH/c1-10(13-4-2-3-9-15-13)16-17-12-7-5-11(14)6-8-12;/h2-9,17H,1H3;1H/p-1. The van der Waals surface area contributed by atoms with Crippen molar-refractivity contribution in [3.8, 4) is 0 Å². The molecular weight excluding hydrogens is 269 g/mol. The van der Waals surface area contributed by atoms with Crippen molar-refractivity contribution >= 4 is 23.0 Å². The van der Waals surface area contributed by atoms with Crippen molar-refractivity contribution in [2.24, 2.45) is 5.10 Å². The van der Waals surface area contributed by atoms with E-state index < -0.39 is 0 Å². The number of benzene rings is 1. The fourth-order valence-electron chi connectivity index (χ4n) is 1.31. The van der Waals surface area contributed by atoms with Gasteiger partial charge in [-0.2, -0.15) is 5.10 Å². The van der Waals surface area contributed by atoms with E-state index >= 15 is 0 Å². The van der Waals surface area contributed by atoms with E-state index in [0.717, 1.165) is 17.1 Å². The quantitative estimate of drug-likeness (QED) is 0.660.